The SMILES string of the molecule is O=C(OCCCc1cccnc1)[C@@H]1CCCN1C(=O)NC1CCCCC1. The van der Waals surface area contributed by atoms with Gasteiger partial charge in [-0.25, -0.2) is 9.59 Å². The first-order chi connectivity index (χ1) is 12.7. The smallest absolute Gasteiger partial charge is 0.328 e. The summed E-state index contributed by atoms with van der Waals surface area (Å²) in [6.07, 6.45) is 12.4. The van der Waals surface area contributed by atoms with Crippen LogP contribution in [0.15, 0.2) is 24.5 Å². The summed E-state index contributed by atoms with van der Waals surface area (Å²) in [4.78, 5) is 30.7. The van der Waals surface area contributed by atoms with Crippen molar-refractivity contribution in [1.82, 2.24) is 15.2 Å². The number of pyridine rings is 1. The van der Waals surface area contributed by atoms with Gasteiger partial charge in [-0.2, -0.15) is 0 Å². The molecule has 0 radical (unpaired) electrons. The molecule has 2 heterocycles. The molecule has 26 heavy (non-hydrogen) atoms. The molecule has 1 aromatic heterocycles. The number of amides is 2. The Morgan fingerprint density at radius 2 is 2.04 bits per heavy atom. The van der Waals surface area contributed by atoms with E-state index in [1.54, 1.807) is 11.1 Å². The van der Waals surface area contributed by atoms with Crippen molar-refractivity contribution in [3.05, 3.63) is 30.1 Å². The summed E-state index contributed by atoms with van der Waals surface area (Å²) in [5, 5.41) is 3.11. The van der Waals surface area contributed by atoms with Crippen molar-refractivity contribution >= 4 is 12.0 Å². The number of esters is 1. The Morgan fingerprint density at radius 1 is 1.19 bits per heavy atom. The number of aromatic nitrogens is 1. The number of carbonyl (C=O) groups is 2. The average molecular weight is 359 g/mol. The van der Waals surface area contributed by atoms with Crippen LogP contribution in [0.4, 0.5) is 4.79 Å². The van der Waals surface area contributed by atoms with Crippen LogP contribution in [0, 0.1) is 0 Å². The number of ether oxygens (including phenoxy) is 1. The Balaban J connectivity index is 1.41. The van der Waals surface area contributed by atoms with Crippen LogP contribution in [0.3, 0.4) is 0 Å². The summed E-state index contributed by atoms with van der Waals surface area (Å²) in [5.74, 6) is -0.271. The maximum absolute atomic E-state index is 12.5. The van der Waals surface area contributed by atoms with Crippen LogP contribution in [0.25, 0.3) is 0 Å². The summed E-state index contributed by atoms with van der Waals surface area (Å²) in [7, 11) is 0. The van der Waals surface area contributed by atoms with Crippen LogP contribution in [0.2, 0.25) is 0 Å². The third-order valence-electron chi connectivity index (χ3n) is 5.30. The summed E-state index contributed by atoms with van der Waals surface area (Å²) in [5.41, 5.74) is 1.14. The summed E-state index contributed by atoms with van der Waals surface area (Å²) in [6, 6.07) is 3.64. The number of hydrogen-bond acceptors (Lipinski definition) is 4. The second kappa shape index (κ2) is 9.55. The fourth-order valence-corrected chi connectivity index (χ4v) is 3.85. The van der Waals surface area contributed by atoms with Gasteiger partial charge in [-0.05, 0) is 50.2 Å². The van der Waals surface area contributed by atoms with Crippen LogP contribution in [-0.4, -0.2) is 47.1 Å². The monoisotopic (exact) mass is 359 g/mol. The molecular weight excluding hydrogens is 330 g/mol. The van der Waals surface area contributed by atoms with Gasteiger partial charge in [0.05, 0.1) is 6.61 Å². The molecule has 1 N–H and O–H groups in total. The molecule has 1 aromatic rings. The zero-order valence-electron chi connectivity index (χ0n) is 15.4. The molecule has 0 unspecified atom stereocenters. The Kier molecular flexibility index (Phi) is 6.86. The molecule has 0 bridgehead atoms. The van der Waals surface area contributed by atoms with E-state index in [1.165, 1.54) is 19.3 Å². The molecule has 3 rings (SSSR count). The molecule has 1 atom stereocenters. The number of urea groups is 1. The third-order valence-corrected chi connectivity index (χ3v) is 5.30. The first kappa shape index (κ1) is 18.7. The first-order valence-electron chi connectivity index (χ1n) is 9.87. The van der Waals surface area contributed by atoms with Crippen molar-refractivity contribution in [2.24, 2.45) is 0 Å². The Morgan fingerprint density at radius 3 is 2.81 bits per heavy atom. The van der Waals surface area contributed by atoms with Gasteiger partial charge in [0, 0.05) is 25.0 Å². The zero-order valence-corrected chi connectivity index (χ0v) is 15.4. The Hall–Kier alpha value is -2.11. The number of carbonyl (C=O) groups excluding carboxylic acids is 2. The largest absolute Gasteiger partial charge is 0.464 e. The highest BCUT2D eigenvalue weighted by atomic mass is 16.5. The molecule has 1 saturated heterocycles. The maximum Gasteiger partial charge on any atom is 0.328 e. The molecule has 2 fully saturated rings. The van der Waals surface area contributed by atoms with Gasteiger partial charge in [0.2, 0.25) is 0 Å². The van der Waals surface area contributed by atoms with Crippen molar-refractivity contribution in [3.63, 3.8) is 0 Å². The number of likely N-dealkylation sites (tertiary alicyclic amines) is 1. The molecule has 0 spiro atoms. The average Bonchev–Trinajstić information content (AvgIpc) is 3.17. The quantitative estimate of drug-likeness (QED) is 0.626. The molecular formula is C20H29N3O3. The van der Waals surface area contributed by atoms with E-state index in [1.807, 2.05) is 18.3 Å². The third kappa shape index (κ3) is 5.19. The van der Waals surface area contributed by atoms with Crippen LogP contribution < -0.4 is 5.32 Å². The molecule has 0 aromatic carbocycles. The number of rotatable bonds is 6. The van der Waals surface area contributed by atoms with Gasteiger partial charge < -0.3 is 15.0 Å². The predicted molar refractivity (Wildman–Crippen MR) is 98.6 cm³/mol. The fourth-order valence-electron chi connectivity index (χ4n) is 3.85. The molecule has 6 heteroatoms. The maximum atomic E-state index is 12.5. The van der Waals surface area contributed by atoms with Crippen LogP contribution >= 0.6 is 0 Å². The van der Waals surface area contributed by atoms with Crippen LogP contribution in [-0.2, 0) is 16.0 Å². The lowest BCUT2D eigenvalue weighted by molar-refractivity contribution is -0.148. The van der Waals surface area contributed by atoms with E-state index in [0.29, 0.717) is 19.6 Å². The van der Waals surface area contributed by atoms with Gasteiger partial charge in [-0.3, -0.25) is 4.98 Å². The van der Waals surface area contributed by atoms with Gasteiger partial charge >= 0.3 is 12.0 Å². The number of aryl methyl sites for hydroxylation is 1. The minimum absolute atomic E-state index is 0.105. The lowest BCUT2D eigenvalue weighted by Crippen LogP contribution is -2.49. The standard InChI is InChI=1S/C20H29N3O3/c24-19(26-14-6-8-16-7-4-12-21-15-16)18-11-5-13-23(18)20(25)22-17-9-2-1-3-10-17/h4,7,12,15,17-18H,1-3,5-6,8-11,13-14H2,(H,22,25)/t18-/m0/s1. The minimum atomic E-state index is -0.433. The highest BCUT2D eigenvalue weighted by Gasteiger charge is 2.36. The van der Waals surface area contributed by atoms with Crippen molar-refractivity contribution in [2.45, 2.75) is 69.9 Å². The topological polar surface area (TPSA) is 71.5 Å². The lowest BCUT2D eigenvalue weighted by atomic mass is 9.96. The van der Waals surface area contributed by atoms with E-state index < -0.39 is 6.04 Å². The predicted octanol–water partition coefficient (Wildman–Crippen LogP) is 3.06. The minimum Gasteiger partial charge on any atom is -0.464 e. The molecule has 1 aliphatic heterocycles. The van der Waals surface area contributed by atoms with Gasteiger partial charge in [-0.1, -0.05) is 25.3 Å². The van der Waals surface area contributed by atoms with Gasteiger partial charge in [0.1, 0.15) is 6.04 Å². The lowest BCUT2D eigenvalue weighted by Gasteiger charge is -2.28. The Labute approximate surface area is 155 Å². The van der Waals surface area contributed by atoms with E-state index in [9.17, 15) is 9.59 Å². The summed E-state index contributed by atoms with van der Waals surface area (Å²) in [6.45, 7) is 1.01. The van der Waals surface area contributed by atoms with E-state index in [-0.39, 0.29) is 18.0 Å². The molecule has 1 saturated carbocycles. The highest BCUT2D eigenvalue weighted by molar-refractivity contribution is 5.84. The van der Waals surface area contributed by atoms with E-state index in [0.717, 1.165) is 37.7 Å². The number of hydrogen-bond donors (Lipinski definition) is 1. The molecule has 2 amide bonds. The molecule has 2 aliphatic rings. The van der Waals surface area contributed by atoms with Gasteiger partial charge in [0.25, 0.3) is 0 Å². The van der Waals surface area contributed by atoms with E-state index >= 15 is 0 Å². The molecule has 142 valence electrons. The van der Waals surface area contributed by atoms with Crippen molar-refractivity contribution in [2.75, 3.05) is 13.2 Å². The molecule has 6 nitrogen and oxygen atoms in total. The first-order valence-corrected chi connectivity index (χ1v) is 9.87. The second-order valence-corrected chi connectivity index (χ2v) is 7.27. The van der Waals surface area contributed by atoms with Crippen LogP contribution in [0.5, 0.6) is 0 Å². The zero-order chi connectivity index (χ0) is 18.2. The second-order valence-electron chi connectivity index (χ2n) is 7.27. The van der Waals surface area contributed by atoms with E-state index in [4.69, 9.17) is 4.74 Å². The van der Waals surface area contributed by atoms with Crippen LogP contribution in [0.1, 0.15) is 56.9 Å². The van der Waals surface area contributed by atoms with Crippen molar-refractivity contribution in [1.29, 1.82) is 0 Å². The Bertz CT molecular complexity index is 587. The highest BCUT2D eigenvalue weighted by Crippen LogP contribution is 2.21. The number of nitrogens with one attached hydrogen (secondary N) is 1. The normalized spacial score (nSPS) is 20.8. The van der Waals surface area contributed by atoms with E-state index in [2.05, 4.69) is 10.3 Å². The molecule has 1 aliphatic carbocycles. The number of nitrogens with zero attached hydrogens (tertiary/aromatic N) is 2. The summed E-state index contributed by atoms with van der Waals surface area (Å²) >= 11 is 0. The fraction of sp³-hybridized carbons (Fsp3) is 0.650. The van der Waals surface area contributed by atoms with Gasteiger partial charge in [0.15, 0.2) is 0 Å². The van der Waals surface area contributed by atoms with Gasteiger partial charge in [-0.15, -0.1) is 0 Å². The summed E-state index contributed by atoms with van der Waals surface area (Å²) < 4.78 is 5.44. The van der Waals surface area contributed by atoms with Crippen molar-refractivity contribution in [3.8, 4) is 0 Å². The van der Waals surface area contributed by atoms with Crippen molar-refractivity contribution < 1.29 is 14.3 Å².